The molecule has 2 aromatic carbocycles. The molecule has 4 nitrogen and oxygen atoms in total. The molecule has 0 unspecified atom stereocenters. The average Bonchev–Trinajstić information content (AvgIpc) is 2.88. The van der Waals surface area contributed by atoms with Gasteiger partial charge in [0.25, 0.3) is 0 Å². The van der Waals surface area contributed by atoms with Crippen LogP contribution in [0.4, 0.5) is 0 Å². The SMILES string of the molecule is O=C(CN1CCNCC1)Cn1c2ccc(Br)cc2c2cc(Br)ccc21. The third kappa shape index (κ3) is 3.53. The number of hydrogen-bond acceptors (Lipinski definition) is 3. The van der Waals surface area contributed by atoms with E-state index >= 15 is 0 Å². The number of aromatic nitrogens is 1. The summed E-state index contributed by atoms with van der Waals surface area (Å²) in [6.45, 7) is 4.75. The lowest BCUT2D eigenvalue weighted by Gasteiger charge is -2.26. The van der Waals surface area contributed by atoms with Crippen molar-refractivity contribution in [1.29, 1.82) is 0 Å². The van der Waals surface area contributed by atoms with E-state index in [0.717, 1.165) is 46.2 Å². The number of hydrogen-bond donors (Lipinski definition) is 1. The Balaban J connectivity index is 1.71. The van der Waals surface area contributed by atoms with Gasteiger partial charge in [0.15, 0.2) is 5.78 Å². The Morgan fingerprint density at radius 2 is 1.48 bits per heavy atom. The van der Waals surface area contributed by atoms with Gasteiger partial charge in [-0.1, -0.05) is 31.9 Å². The molecule has 0 amide bonds. The van der Waals surface area contributed by atoms with Crippen molar-refractivity contribution in [2.24, 2.45) is 0 Å². The van der Waals surface area contributed by atoms with Crippen molar-refractivity contribution < 1.29 is 4.79 Å². The van der Waals surface area contributed by atoms with Crippen LogP contribution in [-0.2, 0) is 11.3 Å². The molecule has 0 aliphatic carbocycles. The van der Waals surface area contributed by atoms with Crippen LogP contribution < -0.4 is 5.32 Å². The summed E-state index contributed by atoms with van der Waals surface area (Å²) < 4.78 is 4.24. The first kappa shape index (κ1) is 17.2. The van der Waals surface area contributed by atoms with Gasteiger partial charge in [0.1, 0.15) is 0 Å². The molecule has 1 N–H and O–H groups in total. The fourth-order valence-corrected chi connectivity index (χ4v) is 4.29. The predicted octanol–water partition coefficient (Wildman–Crippen LogP) is 3.79. The Labute approximate surface area is 163 Å². The summed E-state index contributed by atoms with van der Waals surface area (Å²) >= 11 is 7.12. The molecule has 1 aliphatic heterocycles. The highest BCUT2D eigenvalue weighted by Gasteiger charge is 2.17. The van der Waals surface area contributed by atoms with Crippen molar-refractivity contribution in [2.45, 2.75) is 6.54 Å². The molecule has 0 atom stereocenters. The maximum absolute atomic E-state index is 12.7. The molecule has 1 fully saturated rings. The summed E-state index contributed by atoms with van der Waals surface area (Å²) in [6.07, 6.45) is 0. The highest BCUT2D eigenvalue weighted by atomic mass is 79.9. The molecule has 1 saturated heterocycles. The second kappa shape index (κ2) is 7.19. The molecule has 1 aromatic heterocycles. The van der Waals surface area contributed by atoms with Crippen molar-refractivity contribution in [1.82, 2.24) is 14.8 Å². The van der Waals surface area contributed by atoms with Gasteiger partial charge in [-0.25, -0.2) is 0 Å². The van der Waals surface area contributed by atoms with E-state index in [1.54, 1.807) is 0 Å². The Hall–Kier alpha value is -1.21. The van der Waals surface area contributed by atoms with E-state index in [9.17, 15) is 4.79 Å². The van der Waals surface area contributed by atoms with Gasteiger partial charge in [0, 0.05) is 56.9 Å². The van der Waals surface area contributed by atoms with E-state index in [1.807, 2.05) is 12.1 Å². The number of piperazine rings is 1. The molecule has 130 valence electrons. The Morgan fingerprint density at radius 1 is 0.920 bits per heavy atom. The van der Waals surface area contributed by atoms with Crippen molar-refractivity contribution in [2.75, 3.05) is 32.7 Å². The highest BCUT2D eigenvalue weighted by molar-refractivity contribution is 9.10. The molecular formula is C19H19Br2N3O. The van der Waals surface area contributed by atoms with E-state index in [0.29, 0.717) is 13.1 Å². The van der Waals surface area contributed by atoms with Gasteiger partial charge in [0.05, 0.1) is 13.1 Å². The molecule has 6 heteroatoms. The zero-order valence-electron chi connectivity index (χ0n) is 13.8. The number of Topliss-reactive ketones (excluding diaryl/α,β-unsaturated/α-hetero) is 1. The number of fused-ring (bicyclic) bond motifs is 3. The van der Waals surface area contributed by atoms with Crippen LogP contribution in [-0.4, -0.2) is 48.0 Å². The molecule has 0 spiro atoms. The number of nitrogens with one attached hydrogen (secondary N) is 1. The monoisotopic (exact) mass is 463 g/mol. The van der Waals surface area contributed by atoms with Crippen LogP contribution in [0.5, 0.6) is 0 Å². The first-order valence-corrected chi connectivity index (χ1v) is 10.0. The van der Waals surface area contributed by atoms with Crippen LogP contribution in [0.15, 0.2) is 45.3 Å². The van der Waals surface area contributed by atoms with Gasteiger partial charge >= 0.3 is 0 Å². The molecule has 1 aliphatic rings. The summed E-state index contributed by atoms with van der Waals surface area (Å²) in [5, 5.41) is 5.66. The minimum absolute atomic E-state index is 0.256. The van der Waals surface area contributed by atoms with Gasteiger partial charge in [-0.3, -0.25) is 9.69 Å². The molecular weight excluding hydrogens is 446 g/mol. The summed E-state index contributed by atoms with van der Waals surface area (Å²) in [6, 6.07) is 12.5. The summed E-state index contributed by atoms with van der Waals surface area (Å²) in [4.78, 5) is 14.9. The van der Waals surface area contributed by atoms with Crippen LogP contribution in [0.3, 0.4) is 0 Å². The number of rotatable bonds is 4. The van der Waals surface area contributed by atoms with Gasteiger partial charge in [-0.15, -0.1) is 0 Å². The van der Waals surface area contributed by atoms with E-state index < -0.39 is 0 Å². The van der Waals surface area contributed by atoms with E-state index in [1.165, 1.54) is 10.8 Å². The summed E-state index contributed by atoms with van der Waals surface area (Å²) in [5.74, 6) is 0.256. The van der Waals surface area contributed by atoms with Crippen molar-refractivity contribution in [3.8, 4) is 0 Å². The molecule has 25 heavy (non-hydrogen) atoms. The molecule has 0 saturated carbocycles. The molecule has 0 radical (unpaired) electrons. The van der Waals surface area contributed by atoms with E-state index in [-0.39, 0.29) is 5.78 Å². The molecule has 4 rings (SSSR count). The second-order valence-electron chi connectivity index (χ2n) is 6.47. The number of halogens is 2. The minimum atomic E-state index is 0.256. The Morgan fingerprint density at radius 3 is 2.04 bits per heavy atom. The van der Waals surface area contributed by atoms with E-state index in [4.69, 9.17) is 0 Å². The third-order valence-corrected chi connectivity index (χ3v) is 5.72. The predicted molar refractivity (Wildman–Crippen MR) is 109 cm³/mol. The fraction of sp³-hybridized carbons (Fsp3) is 0.316. The largest absolute Gasteiger partial charge is 0.333 e. The van der Waals surface area contributed by atoms with Crippen molar-refractivity contribution >= 4 is 59.4 Å². The first-order valence-electron chi connectivity index (χ1n) is 8.43. The van der Waals surface area contributed by atoms with Crippen molar-refractivity contribution in [3.05, 3.63) is 45.3 Å². The number of carbonyl (C=O) groups is 1. The number of nitrogens with zero attached hydrogens (tertiary/aromatic N) is 2. The maximum Gasteiger partial charge on any atom is 0.166 e. The third-order valence-electron chi connectivity index (χ3n) is 4.73. The number of carbonyl (C=O) groups excluding carboxylic acids is 1. The fourth-order valence-electron chi connectivity index (χ4n) is 3.56. The maximum atomic E-state index is 12.7. The lowest BCUT2D eigenvalue weighted by molar-refractivity contribution is -0.120. The standard InChI is InChI=1S/C19H19Br2N3O/c20-13-1-3-18-16(9-13)17-10-14(21)2-4-19(17)24(18)12-15(25)11-23-7-5-22-6-8-23/h1-4,9-10,22H,5-8,11-12H2. The van der Waals surface area contributed by atoms with Crippen LogP contribution in [0.2, 0.25) is 0 Å². The zero-order chi connectivity index (χ0) is 17.4. The Kier molecular flexibility index (Phi) is 4.95. The van der Waals surface area contributed by atoms with Gasteiger partial charge in [0.2, 0.25) is 0 Å². The lowest BCUT2D eigenvalue weighted by atomic mass is 10.2. The summed E-state index contributed by atoms with van der Waals surface area (Å²) in [5.41, 5.74) is 2.20. The normalized spacial score (nSPS) is 15.9. The van der Waals surface area contributed by atoms with Crippen LogP contribution in [0, 0.1) is 0 Å². The molecule has 2 heterocycles. The lowest BCUT2D eigenvalue weighted by Crippen LogP contribution is -2.45. The first-order chi connectivity index (χ1) is 12.1. The van der Waals surface area contributed by atoms with Gasteiger partial charge in [-0.05, 0) is 36.4 Å². The van der Waals surface area contributed by atoms with Crippen LogP contribution in [0.1, 0.15) is 0 Å². The topological polar surface area (TPSA) is 37.3 Å². The molecule has 0 bridgehead atoms. The molecule has 3 aromatic rings. The number of ketones is 1. The minimum Gasteiger partial charge on any atom is -0.333 e. The van der Waals surface area contributed by atoms with Crippen LogP contribution in [0.25, 0.3) is 21.8 Å². The smallest absolute Gasteiger partial charge is 0.166 e. The van der Waals surface area contributed by atoms with Gasteiger partial charge < -0.3 is 9.88 Å². The second-order valence-corrected chi connectivity index (χ2v) is 8.31. The quantitative estimate of drug-likeness (QED) is 0.638. The van der Waals surface area contributed by atoms with Crippen molar-refractivity contribution in [3.63, 3.8) is 0 Å². The Bertz CT molecular complexity index is 885. The number of benzene rings is 2. The highest BCUT2D eigenvalue weighted by Crippen LogP contribution is 2.33. The summed E-state index contributed by atoms with van der Waals surface area (Å²) in [7, 11) is 0. The van der Waals surface area contributed by atoms with E-state index in [2.05, 4.69) is 70.9 Å². The van der Waals surface area contributed by atoms with Gasteiger partial charge in [-0.2, -0.15) is 0 Å². The zero-order valence-corrected chi connectivity index (χ0v) is 16.9. The van der Waals surface area contributed by atoms with Crippen LogP contribution >= 0.6 is 31.9 Å². The average molecular weight is 465 g/mol.